The number of carboxylic acids is 1. The molecule has 0 bridgehead atoms. The number of ether oxygens (including phenoxy) is 1. The van der Waals surface area contributed by atoms with Crippen LogP contribution in [0.3, 0.4) is 0 Å². The lowest BCUT2D eigenvalue weighted by atomic mass is 10.1. The molecule has 4 N–H and O–H groups in total. The summed E-state index contributed by atoms with van der Waals surface area (Å²) in [5, 5.41) is 12.4. The van der Waals surface area contributed by atoms with E-state index >= 15 is 0 Å². The normalized spacial score (nSPS) is 16.2. The van der Waals surface area contributed by atoms with Gasteiger partial charge in [0.15, 0.2) is 0 Å². The summed E-state index contributed by atoms with van der Waals surface area (Å²) in [6, 6.07) is 15.1. The molecule has 2 aromatic carbocycles. The van der Waals surface area contributed by atoms with Crippen LogP contribution in [-0.2, 0) is 11.3 Å². The third-order valence-corrected chi connectivity index (χ3v) is 9.29. The first kappa shape index (κ1) is 26.2. The molecule has 0 fully saturated rings. The minimum absolute atomic E-state index is 0.168. The molecule has 4 rings (SSSR count). The molecule has 0 spiro atoms. The van der Waals surface area contributed by atoms with Crippen LogP contribution in [0.4, 0.5) is 5.69 Å². The smallest absolute Gasteiger partial charge is 0.322 e. The maximum atomic E-state index is 12.8. The van der Waals surface area contributed by atoms with Crippen LogP contribution in [0, 0.1) is 0 Å². The van der Waals surface area contributed by atoms with Gasteiger partial charge in [-0.05, 0) is 60.9 Å². The summed E-state index contributed by atoms with van der Waals surface area (Å²) in [7, 11) is -3.38. The summed E-state index contributed by atoms with van der Waals surface area (Å²) < 4.78 is 28.6. The largest absolute Gasteiger partial charge is 0.494 e. The van der Waals surface area contributed by atoms with E-state index in [9.17, 15) is 23.8 Å². The van der Waals surface area contributed by atoms with Gasteiger partial charge in [-0.25, -0.2) is 0 Å². The molecule has 0 aliphatic carbocycles. The topological polar surface area (TPSA) is 119 Å². The Morgan fingerprint density at radius 2 is 1.89 bits per heavy atom. The lowest BCUT2D eigenvalue weighted by molar-refractivity contribution is -0.141. The molecule has 0 saturated heterocycles. The molecule has 1 atom stereocenters. The maximum Gasteiger partial charge on any atom is 0.322 e. The number of amides is 1. The molecule has 1 aromatic heterocycles. The Morgan fingerprint density at radius 1 is 1.14 bits per heavy atom. The molecule has 36 heavy (non-hydrogen) atoms. The fourth-order valence-corrected chi connectivity index (χ4v) is 7.50. The van der Waals surface area contributed by atoms with Gasteiger partial charge in [0.25, 0.3) is 5.91 Å². The highest BCUT2D eigenvalue weighted by atomic mass is 32.3. The maximum absolute atomic E-state index is 12.8. The number of carbonyl (C=O) groups is 2. The lowest BCUT2D eigenvalue weighted by Crippen LogP contribution is -2.38. The number of carbonyl (C=O) groups excluding carboxylic acids is 1. The van der Waals surface area contributed by atoms with Gasteiger partial charge in [0.2, 0.25) is 0 Å². The number of aliphatic carboxylic acids is 1. The summed E-state index contributed by atoms with van der Waals surface area (Å²) in [6.45, 7) is 4.62. The SMILES string of the molecule is CCCCOc1ccc(C(=O)Nc2cccc(-c3cc4c(s3)CN(C(CC)C(=O)O)S4(O)O)c2)cc1. The number of carboxylic acid groups (broad SMARTS) is 1. The van der Waals surface area contributed by atoms with Crippen molar-refractivity contribution in [2.24, 2.45) is 0 Å². The number of nitrogens with one attached hydrogen (secondary N) is 1. The van der Waals surface area contributed by atoms with Crippen molar-refractivity contribution in [3.8, 4) is 16.2 Å². The second-order valence-corrected chi connectivity index (χ2v) is 11.6. The van der Waals surface area contributed by atoms with Crippen molar-refractivity contribution < 1.29 is 28.5 Å². The molecule has 192 valence electrons. The lowest BCUT2D eigenvalue weighted by Gasteiger charge is -2.39. The Hall–Kier alpha value is -2.89. The molecule has 3 aromatic rings. The van der Waals surface area contributed by atoms with Crippen LogP contribution in [0.25, 0.3) is 10.4 Å². The van der Waals surface area contributed by atoms with Gasteiger partial charge in [0.1, 0.15) is 11.8 Å². The number of nitrogens with zero attached hydrogens (tertiary/aromatic N) is 1. The Balaban J connectivity index is 1.47. The van der Waals surface area contributed by atoms with E-state index in [4.69, 9.17) is 4.74 Å². The quantitative estimate of drug-likeness (QED) is 0.219. The van der Waals surface area contributed by atoms with Crippen LogP contribution in [0.2, 0.25) is 0 Å². The Kier molecular flexibility index (Phi) is 8.01. The van der Waals surface area contributed by atoms with Crippen LogP contribution in [-0.4, -0.2) is 43.0 Å². The summed E-state index contributed by atoms with van der Waals surface area (Å²) in [6.07, 6.45) is 2.30. The fraction of sp³-hybridized carbons (Fsp3) is 0.308. The van der Waals surface area contributed by atoms with Crippen LogP contribution in [0.1, 0.15) is 48.3 Å². The number of hydrogen-bond donors (Lipinski definition) is 4. The van der Waals surface area contributed by atoms with Gasteiger partial charge < -0.3 is 15.2 Å². The number of thiophene rings is 1. The first-order valence-corrected chi connectivity index (χ1v) is 14.1. The molecular weight excluding hydrogens is 500 g/mol. The standard InChI is InChI=1S/C26H30N2O6S2/c1-3-5-13-34-20-11-9-17(10-12-20)25(29)27-19-8-6-7-18(14-19)22-15-24-23(35-22)16-28(36(24,32)33)21(4-2)26(30)31/h6-12,14-15,21,32-33H,3-5,13,16H2,1-2H3,(H,27,29)(H,30,31). The Bertz CT molecular complexity index is 1240. The van der Waals surface area contributed by atoms with Crippen molar-refractivity contribution >= 4 is 39.7 Å². The molecule has 0 saturated carbocycles. The molecule has 1 aliphatic heterocycles. The van der Waals surface area contributed by atoms with Crippen LogP contribution in [0.15, 0.2) is 59.5 Å². The van der Waals surface area contributed by atoms with E-state index in [-0.39, 0.29) is 18.9 Å². The summed E-state index contributed by atoms with van der Waals surface area (Å²) >= 11 is 1.39. The zero-order chi connectivity index (χ0) is 25.9. The van der Waals surface area contributed by atoms with E-state index in [0.717, 1.165) is 33.9 Å². The minimum atomic E-state index is -3.38. The molecule has 1 aliphatic rings. The Labute approximate surface area is 216 Å². The van der Waals surface area contributed by atoms with Gasteiger partial charge >= 0.3 is 5.97 Å². The second kappa shape index (κ2) is 11.0. The van der Waals surface area contributed by atoms with Crippen molar-refractivity contribution in [1.29, 1.82) is 0 Å². The van der Waals surface area contributed by atoms with Crippen molar-refractivity contribution in [3.05, 3.63) is 65.0 Å². The van der Waals surface area contributed by atoms with Gasteiger partial charge in [0, 0.05) is 21.0 Å². The minimum Gasteiger partial charge on any atom is -0.494 e. The van der Waals surface area contributed by atoms with Gasteiger partial charge in [-0.3, -0.25) is 18.7 Å². The molecular formula is C26H30N2O6S2. The first-order valence-electron chi connectivity index (χ1n) is 11.8. The highest BCUT2D eigenvalue weighted by molar-refractivity contribution is 8.22. The number of unbranched alkanes of at least 4 members (excludes halogenated alkanes) is 1. The second-order valence-electron chi connectivity index (χ2n) is 8.52. The molecule has 0 radical (unpaired) electrons. The summed E-state index contributed by atoms with van der Waals surface area (Å²) in [5.74, 6) is -0.592. The predicted octanol–water partition coefficient (Wildman–Crippen LogP) is 6.55. The van der Waals surface area contributed by atoms with E-state index in [0.29, 0.717) is 22.8 Å². The monoisotopic (exact) mass is 530 g/mol. The van der Waals surface area contributed by atoms with E-state index < -0.39 is 22.8 Å². The predicted molar refractivity (Wildman–Crippen MR) is 143 cm³/mol. The first-order chi connectivity index (χ1) is 17.2. The number of rotatable bonds is 10. The third kappa shape index (κ3) is 5.42. The van der Waals surface area contributed by atoms with E-state index in [1.165, 1.54) is 15.6 Å². The molecule has 2 heterocycles. The third-order valence-electron chi connectivity index (χ3n) is 6.00. The number of hydrogen-bond acceptors (Lipinski definition) is 7. The Morgan fingerprint density at radius 3 is 2.53 bits per heavy atom. The number of benzene rings is 2. The average molecular weight is 531 g/mol. The van der Waals surface area contributed by atoms with E-state index in [1.54, 1.807) is 43.3 Å². The van der Waals surface area contributed by atoms with Gasteiger partial charge in [0.05, 0.1) is 18.0 Å². The van der Waals surface area contributed by atoms with E-state index in [1.807, 2.05) is 18.2 Å². The van der Waals surface area contributed by atoms with Crippen molar-refractivity contribution in [3.63, 3.8) is 0 Å². The van der Waals surface area contributed by atoms with Crippen LogP contribution in [0.5, 0.6) is 5.75 Å². The molecule has 10 heteroatoms. The van der Waals surface area contributed by atoms with Gasteiger partial charge in [-0.15, -0.1) is 22.1 Å². The van der Waals surface area contributed by atoms with E-state index in [2.05, 4.69) is 12.2 Å². The number of anilines is 1. The highest BCUT2D eigenvalue weighted by Crippen LogP contribution is 2.62. The fourth-order valence-electron chi connectivity index (χ4n) is 4.03. The average Bonchev–Trinajstić information content (AvgIpc) is 3.38. The summed E-state index contributed by atoms with van der Waals surface area (Å²) in [4.78, 5) is 26.2. The number of fused-ring (bicyclic) bond motifs is 1. The van der Waals surface area contributed by atoms with Crippen molar-refractivity contribution in [2.45, 2.75) is 50.6 Å². The van der Waals surface area contributed by atoms with Gasteiger partial charge in [-0.1, -0.05) is 32.4 Å². The van der Waals surface area contributed by atoms with Crippen LogP contribution < -0.4 is 10.1 Å². The summed E-state index contributed by atoms with van der Waals surface area (Å²) in [5.41, 5.74) is 1.94. The zero-order valence-electron chi connectivity index (χ0n) is 20.1. The molecule has 8 nitrogen and oxygen atoms in total. The molecule has 1 unspecified atom stereocenters. The zero-order valence-corrected chi connectivity index (χ0v) is 21.8. The van der Waals surface area contributed by atoms with Crippen molar-refractivity contribution in [2.75, 3.05) is 11.9 Å². The highest BCUT2D eigenvalue weighted by Gasteiger charge is 2.43. The molecule has 1 amide bonds. The van der Waals surface area contributed by atoms with Gasteiger partial charge in [-0.2, -0.15) is 4.31 Å². The van der Waals surface area contributed by atoms with Crippen molar-refractivity contribution in [1.82, 2.24) is 4.31 Å². The van der Waals surface area contributed by atoms with Crippen LogP contribution >= 0.6 is 22.1 Å².